The van der Waals surface area contributed by atoms with E-state index >= 15 is 0 Å². The molecule has 3 rings (SSSR count). The molecule has 17 heavy (non-hydrogen) atoms. The monoisotopic (exact) mass is 235 g/mol. The summed E-state index contributed by atoms with van der Waals surface area (Å²) in [4.78, 5) is 0. The van der Waals surface area contributed by atoms with Crippen LogP contribution in [0, 0.1) is 17.8 Å². The van der Waals surface area contributed by atoms with Gasteiger partial charge in [0.1, 0.15) is 18.1 Å². The van der Waals surface area contributed by atoms with E-state index in [0.29, 0.717) is 12.5 Å². The first-order chi connectivity index (χ1) is 8.31. The molecule has 0 aliphatic heterocycles. The van der Waals surface area contributed by atoms with Gasteiger partial charge in [-0.3, -0.25) is 0 Å². The van der Waals surface area contributed by atoms with Gasteiger partial charge >= 0.3 is 0 Å². The van der Waals surface area contributed by atoms with E-state index in [1.54, 1.807) is 7.11 Å². The number of nitrogens with two attached hydrogens (primary N) is 1. The standard InChI is InChI=1S/C14H21NO2/c1-16-8-9-6-7-12(17-9)14(15)13-10-4-2-3-5-11(10)13/h6-7,10-11,13-14H,2-5,8,15H2,1H3. The first kappa shape index (κ1) is 11.3. The van der Waals surface area contributed by atoms with Gasteiger partial charge in [-0.05, 0) is 42.7 Å². The summed E-state index contributed by atoms with van der Waals surface area (Å²) in [6, 6.07) is 4.09. The Morgan fingerprint density at radius 2 is 2.06 bits per heavy atom. The van der Waals surface area contributed by atoms with Crippen LogP contribution in [-0.4, -0.2) is 7.11 Å². The van der Waals surface area contributed by atoms with Crippen molar-refractivity contribution in [3.05, 3.63) is 23.7 Å². The third-order valence-corrected chi connectivity index (χ3v) is 4.43. The molecule has 2 aliphatic rings. The van der Waals surface area contributed by atoms with Crippen molar-refractivity contribution in [3.8, 4) is 0 Å². The van der Waals surface area contributed by atoms with Gasteiger partial charge in [-0.2, -0.15) is 0 Å². The van der Waals surface area contributed by atoms with E-state index in [0.717, 1.165) is 23.4 Å². The van der Waals surface area contributed by atoms with Gasteiger partial charge < -0.3 is 14.9 Å². The van der Waals surface area contributed by atoms with Crippen molar-refractivity contribution >= 4 is 0 Å². The molecule has 94 valence electrons. The molecule has 1 aromatic heterocycles. The van der Waals surface area contributed by atoms with Crippen molar-refractivity contribution in [2.24, 2.45) is 23.5 Å². The fourth-order valence-electron chi connectivity index (χ4n) is 3.56. The lowest BCUT2D eigenvalue weighted by Crippen LogP contribution is -2.13. The molecule has 2 fully saturated rings. The largest absolute Gasteiger partial charge is 0.462 e. The molecule has 0 bridgehead atoms. The highest BCUT2D eigenvalue weighted by molar-refractivity contribution is 5.16. The minimum absolute atomic E-state index is 0.0914. The van der Waals surface area contributed by atoms with Gasteiger partial charge in [-0.25, -0.2) is 0 Å². The van der Waals surface area contributed by atoms with E-state index in [4.69, 9.17) is 14.9 Å². The summed E-state index contributed by atoms with van der Waals surface area (Å²) in [7, 11) is 1.68. The number of ether oxygens (including phenoxy) is 1. The van der Waals surface area contributed by atoms with Crippen LogP contribution >= 0.6 is 0 Å². The molecular formula is C14H21NO2. The van der Waals surface area contributed by atoms with Gasteiger partial charge in [0, 0.05) is 7.11 Å². The fourth-order valence-corrected chi connectivity index (χ4v) is 3.56. The average Bonchev–Trinajstić information content (AvgIpc) is 2.89. The lowest BCUT2D eigenvalue weighted by atomic mass is 10.0. The van der Waals surface area contributed by atoms with E-state index in [9.17, 15) is 0 Å². The lowest BCUT2D eigenvalue weighted by Gasteiger charge is -2.07. The van der Waals surface area contributed by atoms with Gasteiger partial charge in [0.2, 0.25) is 0 Å². The molecule has 3 atom stereocenters. The number of hydrogen-bond acceptors (Lipinski definition) is 3. The van der Waals surface area contributed by atoms with Crippen LogP contribution in [-0.2, 0) is 11.3 Å². The maximum Gasteiger partial charge on any atom is 0.129 e. The van der Waals surface area contributed by atoms with Crippen LogP contribution in [0.1, 0.15) is 43.2 Å². The zero-order chi connectivity index (χ0) is 11.8. The van der Waals surface area contributed by atoms with E-state index < -0.39 is 0 Å². The van der Waals surface area contributed by atoms with Crippen LogP contribution in [0.3, 0.4) is 0 Å². The van der Waals surface area contributed by atoms with Crippen LogP contribution < -0.4 is 5.73 Å². The zero-order valence-electron chi connectivity index (χ0n) is 10.4. The van der Waals surface area contributed by atoms with Gasteiger partial charge in [-0.15, -0.1) is 0 Å². The molecule has 0 aromatic carbocycles. The Balaban J connectivity index is 1.67. The normalized spacial score (nSPS) is 33.2. The summed E-state index contributed by atoms with van der Waals surface area (Å²) < 4.78 is 10.8. The van der Waals surface area contributed by atoms with Crippen LogP contribution in [0.25, 0.3) is 0 Å². The Labute approximate surface area is 102 Å². The molecule has 3 unspecified atom stereocenters. The summed E-state index contributed by atoms with van der Waals surface area (Å²) in [5.41, 5.74) is 6.33. The fraction of sp³-hybridized carbons (Fsp3) is 0.714. The number of furan rings is 1. The van der Waals surface area contributed by atoms with Gasteiger partial charge in [0.05, 0.1) is 6.04 Å². The minimum Gasteiger partial charge on any atom is -0.462 e. The molecule has 1 heterocycles. The summed E-state index contributed by atoms with van der Waals surface area (Å²) in [6.45, 7) is 0.532. The average molecular weight is 235 g/mol. The molecule has 3 nitrogen and oxygen atoms in total. The van der Waals surface area contributed by atoms with Gasteiger partial charge in [0.25, 0.3) is 0 Å². The molecule has 3 heteroatoms. The van der Waals surface area contributed by atoms with Crippen LogP contribution in [0.2, 0.25) is 0 Å². The predicted molar refractivity (Wildman–Crippen MR) is 65.3 cm³/mol. The Morgan fingerprint density at radius 3 is 2.71 bits per heavy atom. The highest BCUT2D eigenvalue weighted by atomic mass is 16.5. The van der Waals surface area contributed by atoms with Gasteiger partial charge in [0.15, 0.2) is 0 Å². The summed E-state index contributed by atoms with van der Waals surface area (Å²) >= 11 is 0. The highest BCUT2D eigenvalue weighted by Gasteiger charge is 2.54. The number of fused-ring (bicyclic) bond motifs is 1. The maximum absolute atomic E-state index is 6.33. The van der Waals surface area contributed by atoms with Crippen LogP contribution in [0.4, 0.5) is 0 Å². The van der Waals surface area contributed by atoms with Gasteiger partial charge in [-0.1, -0.05) is 12.8 Å². The second-order valence-corrected chi connectivity index (χ2v) is 5.45. The first-order valence-electron chi connectivity index (χ1n) is 6.64. The topological polar surface area (TPSA) is 48.4 Å². The molecule has 0 radical (unpaired) electrons. The van der Waals surface area contributed by atoms with Crippen molar-refractivity contribution in [3.63, 3.8) is 0 Å². The van der Waals surface area contributed by atoms with Crippen molar-refractivity contribution in [1.29, 1.82) is 0 Å². The molecule has 1 aromatic rings. The summed E-state index contributed by atoms with van der Waals surface area (Å²) in [5, 5.41) is 0. The Bertz CT molecular complexity index is 375. The third kappa shape index (κ3) is 2.02. The predicted octanol–water partition coefficient (Wildman–Crippen LogP) is 2.86. The molecule has 0 spiro atoms. The Kier molecular flexibility index (Phi) is 2.97. The third-order valence-electron chi connectivity index (χ3n) is 4.43. The second-order valence-electron chi connectivity index (χ2n) is 5.45. The SMILES string of the molecule is COCc1ccc(C(N)C2C3CCCCC32)o1. The van der Waals surface area contributed by atoms with E-state index in [1.165, 1.54) is 25.7 Å². The molecule has 2 saturated carbocycles. The summed E-state index contributed by atoms with van der Waals surface area (Å²) in [5.74, 6) is 4.22. The highest BCUT2D eigenvalue weighted by Crippen LogP contribution is 2.59. The maximum atomic E-state index is 6.33. The van der Waals surface area contributed by atoms with Crippen molar-refractivity contribution in [1.82, 2.24) is 0 Å². The van der Waals surface area contributed by atoms with Crippen LogP contribution in [0.5, 0.6) is 0 Å². The van der Waals surface area contributed by atoms with Crippen molar-refractivity contribution in [2.75, 3.05) is 7.11 Å². The van der Waals surface area contributed by atoms with E-state index in [2.05, 4.69) is 0 Å². The number of rotatable bonds is 4. The molecule has 2 aliphatic carbocycles. The number of methoxy groups -OCH3 is 1. The van der Waals surface area contributed by atoms with E-state index in [-0.39, 0.29) is 6.04 Å². The van der Waals surface area contributed by atoms with Crippen molar-refractivity contribution in [2.45, 2.75) is 38.3 Å². The quantitative estimate of drug-likeness (QED) is 0.873. The lowest BCUT2D eigenvalue weighted by molar-refractivity contribution is 0.161. The minimum atomic E-state index is 0.0914. The molecule has 0 saturated heterocycles. The Hall–Kier alpha value is -0.800. The second kappa shape index (κ2) is 4.46. The summed E-state index contributed by atoms with van der Waals surface area (Å²) in [6.07, 6.45) is 5.51. The van der Waals surface area contributed by atoms with E-state index in [1.807, 2.05) is 12.1 Å². The Morgan fingerprint density at radius 1 is 1.35 bits per heavy atom. The molecular weight excluding hydrogens is 214 g/mol. The smallest absolute Gasteiger partial charge is 0.129 e. The molecule has 0 amide bonds. The zero-order valence-corrected chi connectivity index (χ0v) is 10.4. The van der Waals surface area contributed by atoms with Crippen molar-refractivity contribution < 1.29 is 9.15 Å². The first-order valence-corrected chi connectivity index (χ1v) is 6.64. The molecule has 2 N–H and O–H groups in total. The number of hydrogen-bond donors (Lipinski definition) is 1. The van der Waals surface area contributed by atoms with Crippen LogP contribution in [0.15, 0.2) is 16.5 Å².